The zero-order valence-electron chi connectivity index (χ0n) is 12.1. The van der Waals surface area contributed by atoms with Crippen LogP contribution in [0.3, 0.4) is 0 Å². The van der Waals surface area contributed by atoms with Gasteiger partial charge in [-0.05, 0) is 27.3 Å². The number of rotatable bonds is 5. The summed E-state index contributed by atoms with van der Waals surface area (Å²) in [6.45, 7) is 10.5. The second-order valence-electron chi connectivity index (χ2n) is 5.43. The summed E-state index contributed by atoms with van der Waals surface area (Å²) in [6.07, 6.45) is 1.35. The Hall–Kier alpha value is -0.160. The van der Waals surface area contributed by atoms with Crippen molar-refractivity contribution in [1.29, 1.82) is 0 Å². The third-order valence-electron chi connectivity index (χ3n) is 4.61. The van der Waals surface area contributed by atoms with Crippen molar-refractivity contribution in [1.82, 2.24) is 9.80 Å². The van der Waals surface area contributed by atoms with Gasteiger partial charge in [-0.3, -0.25) is 4.90 Å². The van der Waals surface area contributed by atoms with Crippen LogP contribution in [0.2, 0.25) is 0 Å². The van der Waals surface area contributed by atoms with Crippen molar-refractivity contribution < 1.29 is 4.74 Å². The standard InChI is InChI=1S/C13H29N3O/c1-6-12-9-16(8-7-15(12)4)13(3,10-14)11(2)17-5/h11-12H,6-10,14H2,1-5H3. The lowest BCUT2D eigenvalue weighted by Gasteiger charge is -2.50. The van der Waals surface area contributed by atoms with Crippen LogP contribution in [0.25, 0.3) is 0 Å². The largest absolute Gasteiger partial charge is 0.380 e. The molecule has 1 aliphatic rings. The molecule has 0 aromatic carbocycles. The zero-order valence-corrected chi connectivity index (χ0v) is 12.1. The van der Waals surface area contributed by atoms with Crippen LogP contribution in [0, 0.1) is 0 Å². The van der Waals surface area contributed by atoms with Crippen LogP contribution in [0.4, 0.5) is 0 Å². The van der Waals surface area contributed by atoms with Gasteiger partial charge in [0.2, 0.25) is 0 Å². The first-order chi connectivity index (χ1) is 7.99. The Morgan fingerprint density at radius 3 is 2.59 bits per heavy atom. The van der Waals surface area contributed by atoms with Crippen LogP contribution in [0.1, 0.15) is 27.2 Å². The fourth-order valence-corrected chi connectivity index (χ4v) is 2.66. The van der Waals surface area contributed by atoms with Crippen molar-refractivity contribution in [2.24, 2.45) is 5.73 Å². The molecule has 0 amide bonds. The highest BCUT2D eigenvalue weighted by atomic mass is 16.5. The summed E-state index contributed by atoms with van der Waals surface area (Å²) >= 11 is 0. The van der Waals surface area contributed by atoms with E-state index >= 15 is 0 Å². The van der Waals surface area contributed by atoms with Gasteiger partial charge in [0, 0.05) is 39.3 Å². The van der Waals surface area contributed by atoms with Crippen molar-refractivity contribution in [2.75, 3.05) is 40.3 Å². The molecule has 4 nitrogen and oxygen atoms in total. The SMILES string of the molecule is CCC1CN(C(C)(CN)C(C)OC)CCN1C. The lowest BCUT2D eigenvalue weighted by atomic mass is 9.91. The molecule has 0 aliphatic carbocycles. The predicted octanol–water partition coefficient (Wildman–Crippen LogP) is 0.765. The number of hydrogen-bond acceptors (Lipinski definition) is 4. The van der Waals surface area contributed by atoms with Gasteiger partial charge >= 0.3 is 0 Å². The molecule has 1 aliphatic heterocycles. The van der Waals surface area contributed by atoms with Crippen LogP contribution in [0.5, 0.6) is 0 Å². The molecule has 4 heteroatoms. The van der Waals surface area contributed by atoms with E-state index in [1.54, 1.807) is 7.11 Å². The second-order valence-corrected chi connectivity index (χ2v) is 5.43. The van der Waals surface area contributed by atoms with Gasteiger partial charge in [0.25, 0.3) is 0 Å². The molecule has 17 heavy (non-hydrogen) atoms. The summed E-state index contributed by atoms with van der Waals surface area (Å²) in [5, 5.41) is 0. The molecule has 3 atom stereocenters. The molecule has 1 heterocycles. The van der Waals surface area contributed by atoms with E-state index in [1.165, 1.54) is 6.42 Å². The minimum absolute atomic E-state index is 0.0522. The highest BCUT2D eigenvalue weighted by Crippen LogP contribution is 2.24. The van der Waals surface area contributed by atoms with E-state index in [2.05, 4.69) is 37.6 Å². The number of likely N-dealkylation sites (N-methyl/N-ethyl adjacent to an activating group) is 1. The molecule has 0 bridgehead atoms. The number of ether oxygens (including phenoxy) is 1. The quantitative estimate of drug-likeness (QED) is 0.774. The molecular weight excluding hydrogens is 214 g/mol. The van der Waals surface area contributed by atoms with Gasteiger partial charge < -0.3 is 15.4 Å². The van der Waals surface area contributed by atoms with E-state index in [0.29, 0.717) is 12.6 Å². The van der Waals surface area contributed by atoms with Gasteiger partial charge in [-0.15, -0.1) is 0 Å². The summed E-state index contributed by atoms with van der Waals surface area (Å²) in [7, 11) is 3.98. The topological polar surface area (TPSA) is 41.7 Å². The molecule has 0 aromatic heterocycles. The van der Waals surface area contributed by atoms with Crippen molar-refractivity contribution >= 4 is 0 Å². The van der Waals surface area contributed by atoms with E-state index < -0.39 is 0 Å². The molecule has 0 aromatic rings. The fraction of sp³-hybridized carbons (Fsp3) is 1.00. The third kappa shape index (κ3) is 2.99. The van der Waals surface area contributed by atoms with E-state index in [9.17, 15) is 0 Å². The van der Waals surface area contributed by atoms with Gasteiger partial charge in [0.15, 0.2) is 0 Å². The molecule has 0 radical (unpaired) electrons. The monoisotopic (exact) mass is 243 g/mol. The van der Waals surface area contributed by atoms with Crippen molar-refractivity contribution in [2.45, 2.75) is 44.9 Å². The highest BCUT2D eigenvalue weighted by molar-refractivity contribution is 4.96. The molecule has 1 rings (SSSR count). The van der Waals surface area contributed by atoms with Crippen molar-refractivity contribution in [3.63, 3.8) is 0 Å². The van der Waals surface area contributed by atoms with E-state index in [-0.39, 0.29) is 11.6 Å². The number of nitrogens with two attached hydrogens (primary N) is 1. The molecule has 3 unspecified atom stereocenters. The molecule has 102 valence electrons. The zero-order chi connectivity index (χ0) is 13.1. The molecule has 0 saturated carbocycles. The number of nitrogens with zero attached hydrogens (tertiary/aromatic N) is 2. The lowest BCUT2D eigenvalue weighted by Crippen LogP contribution is -2.65. The van der Waals surface area contributed by atoms with Gasteiger partial charge in [0.1, 0.15) is 0 Å². The van der Waals surface area contributed by atoms with Crippen LogP contribution in [-0.4, -0.2) is 67.8 Å². The Labute approximate surface area is 106 Å². The minimum atomic E-state index is -0.0522. The van der Waals surface area contributed by atoms with Crippen molar-refractivity contribution in [3.8, 4) is 0 Å². The summed E-state index contributed by atoms with van der Waals surface area (Å²) < 4.78 is 5.52. The molecule has 2 N–H and O–H groups in total. The number of piperazine rings is 1. The first-order valence-electron chi connectivity index (χ1n) is 6.67. The van der Waals surface area contributed by atoms with E-state index in [0.717, 1.165) is 19.6 Å². The van der Waals surface area contributed by atoms with Crippen LogP contribution >= 0.6 is 0 Å². The van der Waals surface area contributed by atoms with Crippen molar-refractivity contribution in [3.05, 3.63) is 0 Å². The Morgan fingerprint density at radius 2 is 2.12 bits per heavy atom. The molecule has 1 fully saturated rings. The van der Waals surface area contributed by atoms with Gasteiger partial charge in [0.05, 0.1) is 11.6 Å². The van der Waals surface area contributed by atoms with E-state index in [1.807, 2.05) is 0 Å². The Kier molecular flexibility index (Phi) is 5.38. The number of methoxy groups -OCH3 is 1. The Bertz CT molecular complexity index is 237. The van der Waals surface area contributed by atoms with Crippen LogP contribution in [0.15, 0.2) is 0 Å². The molecule has 0 spiro atoms. The molecule has 1 saturated heterocycles. The summed E-state index contributed by atoms with van der Waals surface area (Å²) in [4.78, 5) is 4.96. The predicted molar refractivity (Wildman–Crippen MR) is 72.2 cm³/mol. The normalized spacial score (nSPS) is 28.9. The van der Waals surface area contributed by atoms with E-state index in [4.69, 9.17) is 10.5 Å². The second kappa shape index (κ2) is 6.14. The Morgan fingerprint density at radius 1 is 1.47 bits per heavy atom. The Balaban J connectivity index is 2.76. The minimum Gasteiger partial charge on any atom is -0.380 e. The molecular formula is C13H29N3O. The smallest absolute Gasteiger partial charge is 0.0736 e. The average Bonchev–Trinajstić information content (AvgIpc) is 2.37. The van der Waals surface area contributed by atoms with Crippen LogP contribution in [-0.2, 0) is 4.74 Å². The summed E-state index contributed by atoms with van der Waals surface area (Å²) in [5.74, 6) is 0. The maximum atomic E-state index is 6.00. The third-order valence-corrected chi connectivity index (χ3v) is 4.61. The first-order valence-corrected chi connectivity index (χ1v) is 6.67. The fourth-order valence-electron chi connectivity index (χ4n) is 2.66. The first kappa shape index (κ1) is 14.9. The van der Waals surface area contributed by atoms with Gasteiger partial charge in [-0.25, -0.2) is 0 Å². The average molecular weight is 243 g/mol. The maximum absolute atomic E-state index is 6.00. The number of hydrogen-bond donors (Lipinski definition) is 1. The van der Waals surface area contributed by atoms with Gasteiger partial charge in [-0.2, -0.15) is 0 Å². The maximum Gasteiger partial charge on any atom is 0.0736 e. The summed E-state index contributed by atoms with van der Waals surface area (Å²) in [6, 6.07) is 0.638. The van der Waals surface area contributed by atoms with Crippen LogP contribution < -0.4 is 5.73 Å². The summed E-state index contributed by atoms with van der Waals surface area (Å²) in [5.41, 5.74) is 5.95. The lowest BCUT2D eigenvalue weighted by molar-refractivity contribution is -0.0596. The highest BCUT2D eigenvalue weighted by Gasteiger charge is 2.39. The van der Waals surface area contributed by atoms with Gasteiger partial charge in [-0.1, -0.05) is 6.92 Å².